The normalized spacial score (nSPS) is 36.8. The van der Waals surface area contributed by atoms with Gasteiger partial charge in [0.1, 0.15) is 29.0 Å². The van der Waals surface area contributed by atoms with E-state index in [2.05, 4.69) is 11.9 Å². The summed E-state index contributed by atoms with van der Waals surface area (Å²) in [4.78, 5) is 54.6. The second-order valence-electron chi connectivity index (χ2n) is 19.7. The van der Waals surface area contributed by atoms with Crippen molar-refractivity contribution in [2.24, 2.45) is 34.5 Å². The second kappa shape index (κ2) is 15.9. The molecule has 13 atom stereocenters. The minimum absolute atomic E-state index is 0.0303. The first-order valence-corrected chi connectivity index (χ1v) is 21.1. The van der Waals surface area contributed by atoms with E-state index in [9.17, 15) is 29.4 Å². The largest absolute Gasteiger partial charge is 0.458 e. The van der Waals surface area contributed by atoms with E-state index < -0.39 is 106 Å². The maximum Gasteiger partial charge on any atom is 0.407 e. The number of aliphatic hydroxyl groups is 2. The maximum atomic E-state index is 14.4. The SMILES string of the molecule is C=C[C@H]1O[C@H]2C[C@H]3CC[C@@]3(OC(C)=O)[C@H]3[C@H](OC(=O)c4ccccc4)[C@]4(O)C[C@H](OC(=O)[C@H](O)C(CC(C)C)NC(=O)OC(C)(C)C)C(C)=C([C@H](C)[C@H](O1)[C@]23C)C4(C)C. The highest BCUT2D eigenvalue weighted by Crippen LogP contribution is 2.70. The molecule has 0 aromatic heterocycles. The van der Waals surface area contributed by atoms with E-state index in [1.165, 1.54) is 6.92 Å². The van der Waals surface area contributed by atoms with Crippen LogP contribution in [0.3, 0.4) is 0 Å². The molecule has 59 heavy (non-hydrogen) atoms. The van der Waals surface area contributed by atoms with Gasteiger partial charge >= 0.3 is 24.0 Å². The number of amides is 1. The minimum Gasteiger partial charge on any atom is -0.458 e. The van der Waals surface area contributed by atoms with Gasteiger partial charge in [-0.1, -0.05) is 71.9 Å². The predicted molar refractivity (Wildman–Crippen MR) is 217 cm³/mol. The standard InChI is InChI=1S/C46H65NO12/c1-13-33-55-32-22-29-19-20-45(29,58-27(6)48)36-38(57-39(50)28-17-15-14-16-18-28)46(53)23-31(25(4)34(43(46,10)11)26(5)37(56-33)44(32,36)12)54-40(51)35(49)30(21-24(2)3)47-41(52)59-42(7,8)9/h13-18,24,26,29-33,35-38,49,53H,1,19-23H2,2-12H3,(H,47,52)/t26-,29+,30?,31-,32-,33-,35+,36-,37-,38-,44+,45-,46+/m0/s1. The number of nitrogens with one attached hydrogen (secondary N) is 1. The highest BCUT2D eigenvalue weighted by Gasteiger charge is 2.78. The lowest BCUT2D eigenvalue weighted by Gasteiger charge is -2.72. The summed E-state index contributed by atoms with van der Waals surface area (Å²) in [5.74, 6) is -3.72. The van der Waals surface area contributed by atoms with Gasteiger partial charge in [-0.2, -0.15) is 0 Å². The van der Waals surface area contributed by atoms with E-state index in [4.69, 9.17) is 28.4 Å². The minimum atomic E-state index is -1.97. The van der Waals surface area contributed by atoms with Crippen LogP contribution in [0.1, 0.15) is 119 Å². The Morgan fingerprint density at radius 3 is 2.29 bits per heavy atom. The van der Waals surface area contributed by atoms with Crippen LogP contribution in [-0.2, 0) is 38.0 Å². The van der Waals surface area contributed by atoms with Gasteiger partial charge in [0.25, 0.3) is 0 Å². The number of hydrogen-bond donors (Lipinski definition) is 3. The Morgan fingerprint density at radius 1 is 1.07 bits per heavy atom. The van der Waals surface area contributed by atoms with Crippen LogP contribution in [0.5, 0.6) is 0 Å². The van der Waals surface area contributed by atoms with Gasteiger partial charge in [0, 0.05) is 41.9 Å². The quantitative estimate of drug-likeness (QED) is 0.131. The molecular formula is C46H65NO12. The number of carbonyl (C=O) groups is 4. The number of benzene rings is 1. The van der Waals surface area contributed by atoms with Crippen LogP contribution < -0.4 is 5.32 Å². The van der Waals surface area contributed by atoms with E-state index in [1.54, 1.807) is 57.2 Å². The Kier molecular flexibility index (Phi) is 12.1. The monoisotopic (exact) mass is 823 g/mol. The Morgan fingerprint density at radius 2 is 1.73 bits per heavy atom. The molecule has 1 heterocycles. The van der Waals surface area contributed by atoms with Crippen LogP contribution >= 0.6 is 0 Å². The summed E-state index contributed by atoms with van der Waals surface area (Å²) in [5.41, 5.74) is -4.47. The Hall–Kier alpha value is -3.78. The van der Waals surface area contributed by atoms with Gasteiger partial charge in [-0.05, 0) is 83.1 Å². The molecule has 13 heteroatoms. The summed E-state index contributed by atoms with van der Waals surface area (Å²) >= 11 is 0. The molecule has 13 nitrogen and oxygen atoms in total. The van der Waals surface area contributed by atoms with Crippen LogP contribution in [0, 0.1) is 34.5 Å². The van der Waals surface area contributed by atoms with Gasteiger partial charge in [-0.25, -0.2) is 14.4 Å². The van der Waals surface area contributed by atoms with Crippen molar-refractivity contribution in [2.75, 3.05) is 0 Å². The Labute approximate surface area is 348 Å². The third-order valence-electron chi connectivity index (χ3n) is 14.1. The average Bonchev–Trinajstić information content (AvgIpc) is 3.12. The van der Waals surface area contributed by atoms with Crippen LogP contribution in [0.4, 0.5) is 4.79 Å². The summed E-state index contributed by atoms with van der Waals surface area (Å²) in [6.07, 6.45) is -3.63. The third-order valence-corrected chi connectivity index (χ3v) is 14.1. The van der Waals surface area contributed by atoms with E-state index in [1.807, 2.05) is 48.5 Å². The molecular weight excluding hydrogens is 759 g/mol. The molecule has 1 unspecified atom stereocenters. The molecule has 3 saturated carbocycles. The smallest absolute Gasteiger partial charge is 0.407 e. The van der Waals surface area contributed by atoms with Gasteiger partial charge in [0.2, 0.25) is 0 Å². The third kappa shape index (κ3) is 7.74. The fraction of sp³-hybridized carbons (Fsp3) is 0.696. The van der Waals surface area contributed by atoms with Gasteiger partial charge in [0.15, 0.2) is 12.4 Å². The van der Waals surface area contributed by atoms with E-state index in [-0.39, 0.29) is 30.2 Å². The molecule has 6 rings (SSSR count). The van der Waals surface area contributed by atoms with Crippen molar-refractivity contribution in [3.8, 4) is 0 Å². The second-order valence-corrected chi connectivity index (χ2v) is 19.7. The van der Waals surface area contributed by atoms with Crippen LogP contribution in [0.2, 0.25) is 0 Å². The Bertz CT molecular complexity index is 1840. The van der Waals surface area contributed by atoms with Gasteiger partial charge in [-0.3, -0.25) is 4.79 Å². The first-order chi connectivity index (χ1) is 27.4. The summed E-state index contributed by atoms with van der Waals surface area (Å²) in [5, 5.41) is 28.1. The highest BCUT2D eigenvalue weighted by atomic mass is 16.7. The first kappa shape index (κ1) is 44.8. The number of esters is 3. The molecule has 1 saturated heterocycles. The van der Waals surface area contributed by atoms with Crippen molar-refractivity contribution in [1.29, 1.82) is 0 Å². The summed E-state index contributed by atoms with van der Waals surface area (Å²) in [6.45, 7) is 24.0. The van der Waals surface area contributed by atoms with Crippen molar-refractivity contribution in [3.05, 3.63) is 59.7 Å². The predicted octanol–water partition coefficient (Wildman–Crippen LogP) is 6.59. The average molecular weight is 824 g/mol. The van der Waals surface area contributed by atoms with Crippen molar-refractivity contribution >= 4 is 24.0 Å². The van der Waals surface area contributed by atoms with Crippen molar-refractivity contribution < 1.29 is 57.8 Å². The number of fused-ring (bicyclic) bond motifs is 4. The molecule has 1 aromatic carbocycles. The van der Waals surface area contributed by atoms with E-state index >= 15 is 0 Å². The molecule has 3 N–H and O–H groups in total. The zero-order valence-electron chi connectivity index (χ0n) is 36.5. The maximum absolute atomic E-state index is 14.4. The van der Waals surface area contributed by atoms with Crippen LogP contribution in [0.25, 0.3) is 0 Å². The van der Waals surface area contributed by atoms with Gasteiger partial charge in [-0.15, -0.1) is 0 Å². The molecule has 1 aromatic rings. The highest BCUT2D eigenvalue weighted by molar-refractivity contribution is 5.89. The van der Waals surface area contributed by atoms with E-state index in [0.717, 1.165) is 12.0 Å². The zero-order valence-corrected chi connectivity index (χ0v) is 36.5. The molecule has 4 aliphatic carbocycles. The fourth-order valence-electron chi connectivity index (χ4n) is 11.5. The molecule has 0 spiro atoms. The fourth-order valence-corrected chi connectivity index (χ4v) is 11.5. The Balaban J connectivity index is 1.51. The van der Waals surface area contributed by atoms with Crippen LogP contribution in [0.15, 0.2) is 54.1 Å². The number of ether oxygens (including phenoxy) is 6. The zero-order chi connectivity index (χ0) is 43.6. The molecule has 4 fully saturated rings. The van der Waals surface area contributed by atoms with Crippen LogP contribution in [-0.4, -0.2) is 93.9 Å². The topological polar surface area (TPSA) is 176 Å². The lowest BCUT2D eigenvalue weighted by atomic mass is 9.39. The number of rotatable bonds is 10. The molecule has 2 bridgehead atoms. The molecule has 0 radical (unpaired) electrons. The summed E-state index contributed by atoms with van der Waals surface area (Å²) in [7, 11) is 0. The number of aliphatic hydroxyl groups excluding tert-OH is 1. The molecule has 5 aliphatic rings. The lowest BCUT2D eigenvalue weighted by Crippen LogP contribution is -2.80. The molecule has 1 amide bonds. The summed E-state index contributed by atoms with van der Waals surface area (Å²) < 4.78 is 38.3. The van der Waals surface area contributed by atoms with Crippen molar-refractivity contribution in [1.82, 2.24) is 5.32 Å². The van der Waals surface area contributed by atoms with Crippen molar-refractivity contribution in [3.63, 3.8) is 0 Å². The number of alkyl carbamates (subject to hydrolysis) is 1. The first-order valence-electron chi connectivity index (χ1n) is 21.1. The number of hydrogen-bond acceptors (Lipinski definition) is 12. The van der Waals surface area contributed by atoms with Crippen molar-refractivity contribution in [2.45, 2.75) is 168 Å². The van der Waals surface area contributed by atoms with E-state index in [0.29, 0.717) is 18.4 Å². The molecule has 326 valence electrons. The number of carbonyl (C=O) groups excluding carboxylic acids is 4. The van der Waals surface area contributed by atoms with Gasteiger partial charge in [0.05, 0.1) is 23.8 Å². The molecule has 1 aliphatic heterocycles. The summed E-state index contributed by atoms with van der Waals surface area (Å²) in [6, 6.07) is 7.44. The van der Waals surface area contributed by atoms with Gasteiger partial charge < -0.3 is 44.0 Å². The lowest BCUT2D eigenvalue weighted by molar-refractivity contribution is -0.377.